The van der Waals surface area contributed by atoms with Crippen LogP contribution in [0.25, 0.3) is 0 Å². The first kappa shape index (κ1) is 10.7. The summed E-state index contributed by atoms with van der Waals surface area (Å²) in [6.45, 7) is 3.31. The first-order valence-electron chi connectivity index (χ1n) is 5.65. The van der Waals surface area contributed by atoms with Crippen molar-refractivity contribution in [3.05, 3.63) is 0 Å². The van der Waals surface area contributed by atoms with Gasteiger partial charge in [0.2, 0.25) is 0 Å². The molecule has 0 radical (unpaired) electrons. The van der Waals surface area contributed by atoms with Gasteiger partial charge in [0.25, 0.3) is 0 Å². The van der Waals surface area contributed by atoms with Crippen LogP contribution in [0.5, 0.6) is 0 Å². The molecule has 1 saturated carbocycles. The van der Waals surface area contributed by atoms with E-state index >= 15 is 0 Å². The van der Waals surface area contributed by atoms with Crippen molar-refractivity contribution in [2.45, 2.75) is 38.0 Å². The highest BCUT2D eigenvalue weighted by atomic mass is 16.5. The summed E-state index contributed by atoms with van der Waals surface area (Å²) >= 11 is 0. The van der Waals surface area contributed by atoms with Crippen molar-refractivity contribution in [1.29, 1.82) is 0 Å². The number of nitrogens with one attached hydrogen (secondary N) is 2. The molecule has 0 aromatic carbocycles. The zero-order valence-corrected chi connectivity index (χ0v) is 9.03. The summed E-state index contributed by atoms with van der Waals surface area (Å²) in [5, 5.41) is 5.57. The molecule has 5 heteroatoms. The predicted molar refractivity (Wildman–Crippen MR) is 56.4 cm³/mol. The SMILES string of the molecule is CCNC(=O)NC1C(N)C2CCCOC21. The molecule has 1 heterocycles. The highest BCUT2D eigenvalue weighted by Gasteiger charge is 2.51. The number of ether oxygens (including phenoxy) is 1. The Morgan fingerprint density at radius 1 is 1.60 bits per heavy atom. The lowest BCUT2D eigenvalue weighted by Gasteiger charge is -2.52. The summed E-state index contributed by atoms with van der Waals surface area (Å²) in [6.07, 6.45) is 2.35. The van der Waals surface area contributed by atoms with Gasteiger partial charge in [-0.1, -0.05) is 0 Å². The summed E-state index contributed by atoms with van der Waals surface area (Å²) in [6, 6.07) is -0.106. The molecule has 0 spiro atoms. The normalized spacial score (nSPS) is 38.8. The third-order valence-corrected chi connectivity index (χ3v) is 3.31. The average molecular weight is 213 g/mol. The Kier molecular flexibility index (Phi) is 3.11. The smallest absolute Gasteiger partial charge is 0.315 e. The van der Waals surface area contributed by atoms with Crippen molar-refractivity contribution < 1.29 is 9.53 Å². The van der Waals surface area contributed by atoms with E-state index in [0.717, 1.165) is 19.4 Å². The van der Waals surface area contributed by atoms with E-state index in [0.29, 0.717) is 12.5 Å². The van der Waals surface area contributed by atoms with Crippen LogP contribution in [0.3, 0.4) is 0 Å². The van der Waals surface area contributed by atoms with E-state index in [9.17, 15) is 4.79 Å². The van der Waals surface area contributed by atoms with Gasteiger partial charge in [-0.15, -0.1) is 0 Å². The molecule has 5 nitrogen and oxygen atoms in total. The minimum Gasteiger partial charge on any atom is -0.376 e. The number of nitrogens with two attached hydrogens (primary N) is 1. The molecule has 2 aliphatic rings. The molecular weight excluding hydrogens is 194 g/mol. The lowest BCUT2D eigenvalue weighted by Crippen LogP contribution is -2.72. The van der Waals surface area contributed by atoms with E-state index in [1.807, 2.05) is 6.92 Å². The Morgan fingerprint density at radius 3 is 3.13 bits per heavy atom. The molecule has 0 aromatic rings. The number of rotatable bonds is 2. The van der Waals surface area contributed by atoms with Gasteiger partial charge in [-0.05, 0) is 19.8 Å². The first-order valence-corrected chi connectivity index (χ1v) is 5.65. The molecule has 2 amide bonds. The van der Waals surface area contributed by atoms with Crippen LogP contribution in [0.4, 0.5) is 4.79 Å². The molecule has 2 fully saturated rings. The molecule has 4 N–H and O–H groups in total. The van der Waals surface area contributed by atoms with Crippen molar-refractivity contribution in [3.8, 4) is 0 Å². The van der Waals surface area contributed by atoms with Crippen molar-refractivity contribution in [2.24, 2.45) is 11.7 Å². The van der Waals surface area contributed by atoms with Gasteiger partial charge < -0.3 is 21.1 Å². The van der Waals surface area contributed by atoms with Crippen molar-refractivity contribution in [3.63, 3.8) is 0 Å². The minimum absolute atomic E-state index is 0.0122. The second kappa shape index (κ2) is 4.37. The van der Waals surface area contributed by atoms with Crippen LogP contribution in [-0.4, -0.2) is 37.4 Å². The maximum atomic E-state index is 11.3. The number of carbonyl (C=O) groups is 1. The summed E-state index contributed by atoms with van der Waals surface area (Å²) in [4.78, 5) is 11.3. The molecule has 1 aliphatic carbocycles. The average Bonchev–Trinajstić information content (AvgIpc) is 2.26. The Morgan fingerprint density at radius 2 is 2.40 bits per heavy atom. The summed E-state index contributed by atoms with van der Waals surface area (Å²) < 4.78 is 5.62. The second-order valence-electron chi connectivity index (χ2n) is 4.25. The molecule has 86 valence electrons. The Labute approximate surface area is 89.7 Å². The zero-order chi connectivity index (χ0) is 10.8. The van der Waals surface area contributed by atoms with E-state index < -0.39 is 0 Å². The van der Waals surface area contributed by atoms with E-state index in [1.54, 1.807) is 0 Å². The van der Waals surface area contributed by atoms with E-state index in [1.165, 1.54) is 0 Å². The van der Waals surface area contributed by atoms with Crippen LogP contribution in [0.15, 0.2) is 0 Å². The molecule has 0 aromatic heterocycles. The molecule has 1 aliphatic heterocycles. The van der Waals surface area contributed by atoms with Gasteiger partial charge >= 0.3 is 6.03 Å². The predicted octanol–water partition coefficient (Wildman–Crippen LogP) is -0.190. The standard InChI is InChI=1S/C10H19N3O2/c1-2-12-10(14)13-8-7(11)6-4-3-5-15-9(6)8/h6-9H,2-5,11H2,1H3,(H2,12,13,14). The second-order valence-corrected chi connectivity index (χ2v) is 4.25. The van der Waals surface area contributed by atoms with E-state index in [-0.39, 0.29) is 24.2 Å². The molecular formula is C10H19N3O2. The van der Waals surface area contributed by atoms with Gasteiger partial charge in [0.1, 0.15) is 0 Å². The van der Waals surface area contributed by atoms with Gasteiger partial charge in [0.05, 0.1) is 12.1 Å². The zero-order valence-electron chi connectivity index (χ0n) is 9.03. The number of carbonyl (C=O) groups excluding carboxylic acids is 1. The van der Waals surface area contributed by atoms with Gasteiger partial charge in [0, 0.05) is 25.1 Å². The number of hydrogen-bond acceptors (Lipinski definition) is 3. The first-order chi connectivity index (χ1) is 7.24. The van der Waals surface area contributed by atoms with Crippen LogP contribution in [-0.2, 0) is 4.74 Å². The Hall–Kier alpha value is -0.810. The highest BCUT2D eigenvalue weighted by molar-refractivity contribution is 5.74. The van der Waals surface area contributed by atoms with Crippen LogP contribution < -0.4 is 16.4 Å². The molecule has 0 bridgehead atoms. The van der Waals surface area contributed by atoms with Crippen LogP contribution in [0, 0.1) is 5.92 Å². The largest absolute Gasteiger partial charge is 0.376 e. The molecule has 4 atom stereocenters. The van der Waals surface area contributed by atoms with Crippen LogP contribution in [0.1, 0.15) is 19.8 Å². The Bertz CT molecular complexity index is 247. The molecule has 4 unspecified atom stereocenters. The number of urea groups is 1. The fraction of sp³-hybridized carbons (Fsp3) is 0.900. The monoisotopic (exact) mass is 213 g/mol. The van der Waals surface area contributed by atoms with E-state index in [4.69, 9.17) is 10.5 Å². The fourth-order valence-corrected chi connectivity index (χ4v) is 2.49. The minimum atomic E-state index is -0.148. The number of amides is 2. The van der Waals surface area contributed by atoms with Gasteiger partial charge in [0.15, 0.2) is 0 Å². The van der Waals surface area contributed by atoms with E-state index in [2.05, 4.69) is 10.6 Å². The Balaban J connectivity index is 1.85. The molecule has 2 rings (SSSR count). The lowest BCUT2D eigenvalue weighted by molar-refractivity contribution is -0.116. The van der Waals surface area contributed by atoms with Crippen molar-refractivity contribution >= 4 is 6.03 Å². The maximum Gasteiger partial charge on any atom is 0.315 e. The van der Waals surface area contributed by atoms with Crippen LogP contribution in [0.2, 0.25) is 0 Å². The molecule has 15 heavy (non-hydrogen) atoms. The topological polar surface area (TPSA) is 76.4 Å². The molecule has 1 saturated heterocycles. The number of fused-ring (bicyclic) bond motifs is 1. The maximum absolute atomic E-state index is 11.3. The fourth-order valence-electron chi connectivity index (χ4n) is 2.49. The summed E-state index contributed by atoms with van der Waals surface area (Å²) in [7, 11) is 0. The van der Waals surface area contributed by atoms with Crippen LogP contribution >= 0.6 is 0 Å². The quantitative estimate of drug-likeness (QED) is 0.595. The van der Waals surface area contributed by atoms with Crippen molar-refractivity contribution in [2.75, 3.05) is 13.2 Å². The van der Waals surface area contributed by atoms with Gasteiger partial charge in [-0.25, -0.2) is 4.79 Å². The summed E-state index contributed by atoms with van der Waals surface area (Å²) in [5.41, 5.74) is 6.00. The highest BCUT2D eigenvalue weighted by Crippen LogP contribution is 2.36. The van der Waals surface area contributed by atoms with Gasteiger partial charge in [-0.2, -0.15) is 0 Å². The van der Waals surface area contributed by atoms with Crippen molar-refractivity contribution in [1.82, 2.24) is 10.6 Å². The van der Waals surface area contributed by atoms with Gasteiger partial charge in [-0.3, -0.25) is 0 Å². The lowest BCUT2D eigenvalue weighted by atomic mass is 9.69. The third kappa shape index (κ3) is 1.94. The summed E-state index contributed by atoms with van der Waals surface area (Å²) in [5.74, 6) is 0.436. The third-order valence-electron chi connectivity index (χ3n) is 3.31. The number of hydrogen-bond donors (Lipinski definition) is 3.